The van der Waals surface area contributed by atoms with Gasteiger partial charge in [-0.25, -0.2) is 9.69 Å². The van der Waals surface area contributed by atoms with Crippen LogP contribution in [0, 0.1) is 0 Å². The Hall–Kier alpha value is -2.08. The SMILES string of the molecule is CCCCN(C(=O)O)c1nc(-c2ccc(Cl)cc2)no1. The highest BCUT2D eigenvalue weighted by molar-refractivity contribution is 6.30. The van der Waals surface area contributed by atoms with Gasteiger partial charge in [0.1, 0.15) is 0 Å². The molecule has 106 valence electrons. The molecule has 7 heteroatoms. The van der Waals surface area contributed by atoms with E-state index in [0.29, 0.717) is 23.0 Å². The summed E-state index contributed by atoms with van der Waals surface area (Å²) in [6.07, 6.45) is 0.497. The molecule has 0 aliphatic rings. The van der Waals surface area contributed by atoms with Gasteiger partial charge in [-0.3, -0.25) is 0 Å². The maximum Gasteiger partial charge on any atom is 0.415 e. The van der Waals surface area contributed by atoms with Crippen molar-refractivity contribution in [2.75, 3.05) is 11.4 Å². The number of anilines is 1. The van der Waals surface area contributed by atoms with E-state index in [1.54, 1.807) is 24.3 Å². The summed E-state index contributed by atoms with van der Waals surface area (Å²) in [6, 6.07) is 6.89. The number of nitrogens with zero attached hydrogens (tertiary/aromatic N) is 3. The smallest absolute Gasteiger partial charge is 0.415 e. The topological polar surface area (TPSA) is 79.5 Å². The fraction of sp³-hybridized carbons (Fsp3) is 0.308. The van der Waals surface area contributed by atoms with Gasteiger partial charge in [-0.2, -0.15) is 4.98 Å². The van der Waals surface area contributed by atoms with Crippen molar-refractivity contribution in [3.63, 3.8) is 0 Å². The predicted octanol–water partition coefficient (Wildman–Crippen LogP) is 3.67. The molecule has 0 unspecified atom stereocenters. The highest BCUT2D eigenvalue weighted by Gasteiger charge is 2.21. The molecule has 2 rings (SSSR count). The lowest BCUT2D eigenvalue weighted by atomic mass is 10.2. The minimum atomic E-state index is -1.11. The number of carboxylic acid groups (broad SMARTS) is 1. The van der Waals surface area contributed by atoms with Crippen LogP contribution in [0.3, 0.4) is 0 Å². The van der Waals surface area contributed by atoms with Crippen LogP contribution in [-0.2, 0) is 0 Å². The van der Waals surface area contributed by atoms with Gasteiger partial charge in [-0.1, -0.05) is 30.1 Å². The summed E-state index contributed by atoms with van der Waals surface area (Å²) in [4.78, 5) is 16.3. The Morgan fingerprint density at radius 1 is 1.40 bits per heavy atom. The largest absolute Gasteiger partial charge is 0.465 e. The van der Waals surface area contributed by atoms with E-state index in [9.17, 15) is 4.79 Å². The third-order valence-corrected chi connectivity index (χ3v) is 2.97. The molecule has 1 aromatic carbocycles. The molecule has 0 saturated carbocycles. The van der Waals surface area contributed by atoms with Crippen LogP contribution in [-0.4, -0.2) is 27.9 Å². The number of halogens is 1. The van der Waals surface area contributed by atoms with E-state index >= 15 is 0 Å². The average Bonchev–Trinajstić information content (AvgIpc) is 2.89. The molecule has 0 radical (unpaired) electrons. The van der Waals surface area contributed by atoms with Crippen LogP contribution in [0.5, 0.6) is 0 Å². The number of aromatic nitrogens is 2. The first kappa shape index (κ1) is 14.3. The number of amides is 1. The number of hydrogen-bond donors (Lipinski definition) is 1. The van der Waals surface area contributed by atoms with Crippen molar-refractivity contribution in [3.8, 4) is 11.4 Å². The highest BCUT2D eigenvalue weighted by atomic mass is 35.5. The molecule has 1 amide bonds. The third kappa shape index (κ3) is 3.27. The summed E-state index contributed by atoms with van der Waals surface area (Å²) in [7, 11) is 0. The van der Waals surface area contributed by atoms with Crippen molar-refractivity contribution in [2.45, 2.75) is 19.8 Å². The molecule has 0 atom stereocenters. The Kier molecular flexibility index (Phi) is 4.57. The lowest BCUT2D eigenvalue weighted by Gasteiger charge is -2.12. The molecule has 1 aromatic heterocycles. The number of unbranched alkanes of at least 4 members (excludes halogenated alkanes) is 1. The van der Waals surface area contributed by atoms with Crippen molar-refractivity contribution in [2.24, 2.45) is 0 Å². The molecule has 1 heterocycles. The minimum absolute atomic E-state index is 0.0177. The molecule has 20 heavy (non-hydrogen) atoms. The van der Waals surface area contributed by atoms with Crippen molar-refractivity contribution in [1.82, 2.24) is 10.1 Å². The Morgan fingerprint density at radius 3 is 2.70 bits per heavy atom. The van der Waals surface area contributed by atoms with E-state index < -0.39 is 6.09 Å². The summed E-state index contributed by atoms with van der Waals surface area (Å²) < 4.78 is 5.02. The zero-order valence-electron chi connectivity index (χ0n) is 10.9. The first-order chi connectivity index (χ1) is 9.61. The van der Waals surface area contributed by atoms with Crippen LogP contribution >= 0.6 is 11.6 Å². The average molecular weight is 296 g/mol. The van der Waals surface area contributed by atoms with E-state index in [2.05, 4.69) is 10.1 Å². The van der Waals surface area contributed by atoms with Crippen molar-refractivity contribution in [3.05, 3.63) is 29.3 Å². The Morgan fingerprint density at radius 2 is 2.10 bits per heavy atom. The maximum atomic E-state index is 11.2. The maximum absolute atomic E-state index is 11.2. The fourth-order valence-electron chi connectivity index (χ4n) is 1.63. The number of benzene rings is 1. The van der Waals surface area contributed by atoms with Gasteiger partial charge in [-0.05, 0) is 30.7 Å². The number of carbonyl (C=O) groups is 1. The minimum Gasteiger partial charge on any atom is -0.465 e. The summed E-state index contributed by atoms with van der Waals surface area (Å²) in [6.45, 7) is 2.31. The summed E-state index contributed by atoms with van der Waals surface area (Å²) in [5.41, 5.74) is 0.713. The molecule has 0 aliphatic carbocycles. The molecule has 0 saturated heterocycles. The molecule has 0 spiro atoms. The van der Waals surface area contributed by atoms with Crippen LogP contribution in [0.25, 0.3) is 11.4 Å². The molecule has 2 aromatic rings. The Labute approximate surface area is 121 Å². The van der Waals surface area contributed by atoms with Crippen LogP contribution in [0.1, 0.15) is 19.8 Å². The van der Waals surface area contributed by atoms with Gasteiger partial charge in [0.25, 0.3) is 0 Å². The van der Waals surface area contributed by atoms with E-state index in [-0.39, 0.29) is 6.01 Å². The van der Waals surface area contributed by atoms with Crippen LogP contribution in [0.15, 0.2) is 28.8 Å². The van der Waals surface area contributed by atoms with E-state index in [1.165, 1.54) is 0 Å². The predicted molar refractivity (Wildman–Crippen MR) is 75.0 cm³/mol. The second-order valence-electron chi connectivity index (χ2n) is 4.20. The zero-order chi connectivity index (χ0) is 14.5. The number of hydrogen-bond acceptors (Lipinski definition) is 4. The molecule has 0 fully saturated rings. The standard InChI is InChI=1S/C13H14ClN3O3/c1-2-3-8-17(13(18)19)12-15-11(16-20-12)9-4-6-10(14)7-5-9/h4-7H,2-3,8H2,1H3,(H,18,19). The monoisotopic (exact) mass is 295 g/mol. The fourth-order valence-corrected chi connectivity index (χ4v) is 1.76. The molecular weight excluding hydrogens is 282 g/mol. The van der Waals surface area contributed by atoms with Gasteiger partial charge in [0.2, 0.25) is 5.82 Å². The lowest BCUT2D eigenvalue weighted by molar-refractivity contribution is 0.199. The second kappa shape index (κ2) is 6.38. The molecule has 0 bridgehead atoms. The van der Waals surface area contributed by atoms with Gasteiger partial charge < -0.3 is 9.63 Å². The molecular formula is C13H14ClN3O3. The zero-order valence-corrected chi connectivity index (χ0v) is 11.7. The van der Waals surface area contributed by atoms with E-state index in [1.807, 2.05) is 6.92 Å². The summed E-state index contributed by atoms with van der Waals surface area (Å²) in [5, 5.41) is 13.5. The third-order valence-electron chi connectivity index (χ3n) is 2.71. The quantitative estimate of drug-likeness (QED) is 0.910. The van der Waals surface area contributed by atoms with Gasteiger partial charge in [0.05, 0.1) is 0 Å². The normalized spacial score (nSPS) is 10.5. The summed E-state index contributed by atoms with van der Waals surface area (Å²) in [5.74, 6) is 0.333. The van der Waals surface area contributed by atoms with Crippen LogP contribution < -0.4 is 4.90 Å². The molecule has 6 nitrogen and oxygen atoms in total. The lowest BCUT2D eigenvalue weighted by Crippen LogP contribution is -2.30. The summed E-state index contributed by atoms with van der Waals surface area (Å²) >= 11 is 5.80. The van der Waals surface area contributed by atoms with Gasteiger partial charge in [0, 0.05) is 17.1 Å². The first-order valence-corrected chi connectivity index (χ1v) is 6.59. The van der Waals surface area contributed by atoms with Crippen molar-refractivity contribution < 1.29 is 14.4 Å². The second-order valence-corrected chi connectivity index (χ2v) is 4.63. The number of rotatable bonds is 5. The van der Waals surface area contributed by atoms with Crippen LogP contribution in [0.2, 0.25) is 5.02 Å². The van der Waals surface area contributed by atoms with Gasteiger partial charge >= 0.3 is 12.1 Å². The molecule has 0 aliphatic heterocycles. The Balaban J connectivity index is 2.22. The van der Waals surface area contributed by atoms with Crippen LogP contribution in [0.4, 0.5) is 10.8 Å². The van der Waals surface area contributed by atoms with Crippen molar-refractivity contribution in [1.29, 1.82) is 0 Å². The van der Waals surface area contributed by atoms with Crippen molar-refractivity contribution >= 4 is 23.7 Å². The first-order valence-electron chi connectivity index (χ1n) is 6.22. The van der Waals surface area contributed by atoms with Gasteiger partial charge in [-0.15, -0.1) is 0 Å². The van der Waals surface area contributed by atoms with E-state index in [4.69, 9.17) is 21.2 Å². The Bertz CT molecular complexity index is 583. The van der Waals surface area contributed by atoms with E-state index in [0.717, 1.165) is 17.7 Å². The highest BCUT2D eigenvalue weighted by Crippen LogP contribution is 2.22. The molecule has 1 N–H and O–H groups in total. The van der Waals surface area contributed by atoms with Gasteiger partial charge in [0.15, 0.2) is 0 Å².